The van der Waals surface area contributed by atoms with Crippen LogP contribution in [0.3, 0.4) is 0 Å². The average molecular weight is 779 g/mol. The van der Waals surface area contributed by atoms with Crippen LogP contribution in [0.15, 0.2) is 231 Å². The molecule has 0 spiro atoms. The quantitative estimate of drug-likeness (QED) is 0.154. The van der Waals surface area contributed by atoms with E-state index in [2.05, 4.69) is 199 Å². The first-order valence-electron chi connectivity index (χ1n) is 20.6. The van der Waals surface area contributed by atoms with Crippen LogP contribution in [0.4, 0.5) is 0 Å². The summed E-state index contributed by atoms with van der Waals surface area (Å²) in [5.74, 6) is 1.91. The molecule has 0 amide bonds. The van der Waals surface area contributed by atoms with Gasteiger partial charge in [-0.15, -0.1) is 0 Å². The zero-order chi connectivity index (χ0) is 40.5. The second-order valence-electron chi connectivity index (χ2n) is 15.3. The number of hydrogen-bond acceptors (Lipinski definition) is 3. The minimum Gasteiger partial charge on any atom is -0.309 e. The average Bonchev–Trinajstić information content (AvgIpc) is 3.68. The molecule has 2 heterocycles. The Kier molecular flexibility index (Phi) is 9.14. The highest BCUT2D eigenvalue weighted by atomic mass is 15.0. The zero-order valence-electron chi connectivity index (χ0n) is 33.2. The molecule has 0 saturated heterocycles. The number of nitrogens with zero attached hydrogens (tertiary/aromatic N) is 4. The molecule has 0 saturated carbocycles. The molecular weight excluding hydrogens is 741 g/mol. The van der Waals surface area contributed by atoms with Crippen molar-refractivity contribution in [1.29, 1.82) is 0 Å². The summed E-state index contributed by atoms with van der Waals surface area (Å²) < 4.78 is 2.42. The predicted molar refractivity (Wildman–Crippen MR) is 252 cm³/mol. The van der Waals surface area contributed by atoms with Crippen molar-refractivity contribution in [2.75, 3.05) is 0 Å². The third-order valence-corrected chi connectivity index (χ3v) is 11.5. The van der Waals surface area contributed by atoms with Crippen molar-refractivity contribution in [1.82, 2.24) is 19.5 Å². The van der Waals surface area contributed by atoms with Crippen LogP contribution in [-0.2, 0) is 0 Å². The molecule has 0 bridgehead atoms. The normalized spacial score (nSPS) is 11.3. The van der Waals surface area contributed by atoms with E-state index in [0.717, 1.165) is 44.6 Å². The van der Waals surface area contributed by atoms with Gasteiger partial charge in [-0.05, 0) is 74.8 Å². The van der Waals surface area contributed by atoms with E-state index in [1.54, 1.807) is 0 Å². The Morgan fingerprint density at radius 1 is 0.230 bits per heavy atom. The van der Waals surface area contributed by atoms with Crippen molar-refractivity contribution in [2.45, 2.75) is 0 Å². The molecule has 9 aromatic carbocycles. The predicted octanol–water partition coefficient (Wildman–Crippen LogP) is 14.6. The van der Waals surface area contributed by atoms with Crippen LogP contribution in [0.1, 0.15) is 0 Å². The van der Waals surface area contributed by atoms with Crippen LogP contribution < -0.4 is 0 Å². The molecule has 0 N–H and O–H groups in total. The Morgan fingerprint density at radius 2 is 0.574 bits per heavy atom. The van der Waals surface area contributed by atoms with Gasteiger partial charge < -0.3 is 4.57 Å². The first-order chi connectivity index (χ1) is 30.2. The monoisotopic (exact) mass is 778 g/mol. The van der Waals surface area contributed by atoms with E-state index in [4.69, 9.17) is 15.0 Å². The number of hydrogen-bond donors (Lipinski definition) is 0. The summed E-state index contributed by atoms with van der Waals surface area (Å²) in [6.07, 6.45) is 0. The van der Waals surface area contributed by atoms with E-state index in [-0.39, 0.29) is 0 Å². The molecule has 0 unspecified atom stereocenters. The van der Waals surface area contributed by atoms with Gasteiger partial charge in [0.15, 0.2) is 17.5 Å². The van der Waals surface area contributed by atoms with Crippen LogP contribution in [0.25, 0.3) is 106 Å². The summed E-state index contributed by atoms with van der Waals surface area (Å²) in [5.41, 5.74) is 15.5. The lowest BCUT2D eigenvalue weighted by Gasteiger charge is -2.14. The van der Waals surface area contributed by atoms with Gasteiger partial charge in [-0.25, -0.2) is 15.0 Å². The second-order valence-corrected chi connectivity index (χ2v) is 15.3. The van der Waals surface area contributed by atoms with E-state index in [1.807, 2.05) is 36.4 Å². The molecule has 0 atom stereocenters. The highest BCUT2D eigenvalue weighted by Gasteiger charge is 2.17. The van der Waals surface area contributed by atoms with E-state index < -0.39 is 0 Å². The van der Waals surface area contributed by atoms with Crippen LogP contribution in [0.5, 0.6) is 0 Å². The molecule has 11 aromatic rings. The maximum atomic E-state index is 5.05. The van der Waals surface area contributed by atoms with E-state index in [0.29, 0.717) is 17.5 Å². The molecule has 61 heavy (non-hydrogen) atoms. The van der Waals surface area contributed by atoms with E-state index in [1.165, 1.54) is 44.1 Å². The first-order valence-corrected chi connectivity index (χ1v) is 20.6. The fourth-order valence-electron chi connectivity index (χ4n) is 8.37. The summed E-state index contributed by atoms with van der Waals surface area (Å²) in [6, 6.07) is 81.3. The number of aromatic nitrogens is 4. The van der Waals surface area contributed by atoms with Crippen LogP contribution in [0, 0.1) is 0 Å². The van der Waals surface area contributed by atoms with Gasteiger partial charge in [0, 0.05) is 33.2 Å². The van der Waals surface area contributed by atoms with Gasteiger partial charge in [0.05, 0.1) is 11.0 Å². The molecule has 2 aromatic heterocycles. The molecule has 0 aliphatic heterocycles. The van der Waals surface area contributed by atoms with Gasteiger partial charge in [0.25, 0.3) is 0 Å². The van der Waals surface area contributed by atoms with Crippen molar-refractivity contribution in [3.05, 3.63) is 231 Å². The standard InChI is InChI=1S/C57H38N4/c1-5-15-39(16-6-1)42-25-29-45(30-26-42)56-58-55(44-21-11-4-12-22-44)59-57(60-56)46-31-27-43(28-32-46)47-33-34-52-51-23-13-14-24-53(51)61(54(52)38-47)50-36-48(40-17-7-2-8-18-40)35-49(37-50)41-19-9-3-10-20-41/h1-38H. The molecule has 4 nitrogen and oxygen atoms in total. The third kappa shape index (κ3) is 6.96. The largest absolute Gasteiger partial charge is 0.309 e. The van der Waals surface area contributed by atoms with Crippen LogP contribution in [0.2, 0.25) is 0 Å². The lowest BCUT2D eigenvalue weighted by molar-refractivity contribution is 1.07. The van der Waals surface area contributed by atoms with Gasteiger partial charge in [-0.3, -0.25) is 0 Å². The van der Waals surface area contributed by atoms with E-state index >= 15 is 0 Å². The highest BCUT2D eigenvalue weighted by Crippen LogP contribution is 2.38. The SMILES string of the molecule is c1ccc(-c2ccc(-c3nc(-c4ccccc4)nc(-c4ccc(-c5ccc6c7ccccc7n(-c7cc(-c8ccccc8)cc(-c8ccccc8)c7)c6c5)cc4)n3)cc2)cc1. The lowest BCUT2D eigenvalue weighted by atomic mass is 9.98. The fraction of sp³-hybridized carbons (Fsp3) is 0. The van der Waals surface area contributed by atoms with Gasteiger partial charge in [0.2, 0.25) is 0 Å². The lowest BCUT2D eigenvalue weighted by Crippen LogP contribution is -2.00. The summed E-state index contributed by atoms with van der Waals surface area (Å²) in [6.45, 7) is 0. The molecular formula is C57H38N4. The summed E-state index contributed by atoms with van der Waals surface area (Å²) in [7, 11) is 0. The fourth-order valence-corrected chi connectivity index (χ4v) is 8.37. The number of rotatable bonds is 8. The van der Waals surface area contributed by atoms with Gasteiger partial charge in [-0.1, -0.05) is 200 Å². The van der Waals surface area contributed by atoms with Crippen molar-refractivity contribution in [3.8, 4) is 84.4 Å². The maximum Gasteiger partial charge on any atom is 0.164 e. The summed E-state index contributed by atoms with van der Waals surface area (Å²) in [4.78, 5) is 15.0. The van der Waals surface area contributed by atoms with Crippen molar-refractivity contribution >= 4 is 21.8 Å². The van der Waals surface area contributed by atoms with Gasteiger partial charge in [0.1, 0.15) is 0 Å². The van der Waals surface area contributed by atoms with E-state index in [9.17, 15) is 0 Å². The number of benzene rings is 9. The van der Waals surface area contributed by atoms with Crippen LogP contribution >= 0.6 is 0 Å². The minimum absolute atomic E-state index is 0.630. The van der Waals surface area contributed by atoms with Gasteiger partial charge in [-0.2, -0.15) is 0 Å². The summed E-state index contributed by atoms with van der Waals surface area (Å²) in [5, 5.41) is 2.44. The van der Waals surface area contributed by atoms with Crippen molar-refractivity contribution in [2.24, 2.45) is 0 Å². The molecule has 0 radical (unpaired) electrons. The zero-order valence-corrected chi connectivity index (χ0v) is 33.2. The molecule has 286 valence electrons. The Bertz CT molecular complexity index is 3250. The summed E-state index contributed by atoms with van der Waals surface area (Å²) >= 11 is 0. The molecule has 0 fully saturated rings. The Labute approximate surface area is 354 Å². The molecule has 0 aliphatic rings. The Balaban J connectivity index is 1.00. The van der Waals surface area contributed by atoms with Gasteiger partial charge >= 0.3 is 0 Å². The highest BCUT2D eigenvalue weighted by molar-refractivity contribution is 6.10. The smallest absolute Gasteiger partial charge is 0.164 e. The third-order valence-electron chi connectivity index (χ3n) is 11.5. The number of para-hydroxylation sites is 1. The Hall–Kier alpha value is -8.21. The maximum absolute atomic E-state index is 5.05. The molecule has 4 heteroatoms. The first kappa shape index (κ1) is 35.9. The van der Waals surface area contributed by atoms with Crippen LogP contribution in [-0.4, -0.2) is 19.5 Å². The number of fused-ring (bicyclic) bond motifs is 3. The topological polar surface area (TPSA) is 43.6 Å². The molecule has 0 aliphatic carbocycles. The van der Waals surface area contributed by atoms with Crippen molar-refractivity contribution < 1.29 is 0 Å². The minimum atomic E-state index is 0.630. The Morgan fingerprint density at radius 3 is 1.08 bits per heavy atom. The van der Waals surface area contributed by atoms with Crippen molar-refractivity contribution in [3.63, 3.8) is 0 Å². The second kappa shape index (κ2) is 15.5. The molecule has 11 rings (SSSR count).